The molecule has 0 saturated heterocycles. The zero-order valence-corrected chi connectivity index (χ0v) is 10.4. The van der Waals surface area contributed by atoms with Crippen LogP contribution in [0.2, 0.25) is 0 Å². The molecule has 1 aromatic rings. The molecule has 0 amide bonds. The van der Waals surface area contributed by atoms with E-state index >= 15 is 0 Å². The molecule has 1 N–H and O–H groups in total. The van der Waals surface area contributed by atoms with Crippen molar-refractivity contribution in [3.8, 4) is 5.75 Å². The van der Waals surface area contributed by atoms with Gasteiger partial charge < -0.3 is 10.1 Å². The van der Waals surface area contributed by atoms with Crippen LogP contribution >= 0.6 is 0 Å². The fourth-order valence-corrected chi connectivity index (χ4v) is 1.38. The first-order valence-electron chi connectivity index (χ1n) is 5.67. The first-order chi connectivity index (χ1) is 7.47. The Morgan fingerprint density at radius 1 is 1.19 bits per heavy atom. The third kappa shape index (κ3) is 4.62. The number of hydrogen-bond donors (Lipinski definition) is 1. The summed E-state index contributed by atoms with van der Waals surface area (Å²) >= 11 is 0. The van der Waals surface area contributed by atoms with Crippen molar-refractivity contribution in [1.29, 1.82) is 0 Å². The molecule has 0 aliphatic rings. The average molecular weight is 225 g/mol. The van der Waals surface area contributed by atoms with E-state index in [-0.39, 0.29) is 11.9 Å². The highest BCUT2D eigenvalue weighted by Crippen LogP contribution is 2.17. The molecule has 0 atom stereocenters. The summed E-state index contributed by atoms with van der Waals surface area (Å²) < 4.78 is 18.8. The van der Waals surface area contributed by atoms with Crippen molar-refractivity contribution in [3.05, 3.63) is 29.6 Å². The van der Waals surface area contributed by atoms with E-state index in [0.717, 1.165) is 5.56 Å². The normalized spacial score (nSPS) is 11.2. The minimum absolute atomic E-state index is 0.0627. The predicted octanol–water partition coefficient (Wildman–Crippen LogP) is 3.11. The van der Waals surface area contributed by atoms with Gasteiger partial charge in [-0.2, -0.15) is 0 Å². The number of rotatable bonds is 5. The van der Waals surface area contributed by atoms with Crippen molar-refractivity contribution in [1.82, 2.24) is 5.32 Å². The fraction of sp³-hybridized carbons (Fsp3) is 0.538. The molecule has 0 radical (unpaired) electrons. The monoisotopic (exact) mass is 225 g/mol. The first kappa shape index (κ1) is 13.0. The molecule has 0 bridgehead atoms. The number of benzene rings is 1. The maximum absolute atomic E-state index is 13.3. The van der Waals surface area contributed by atoms with Gasteiger partial charge in [0.25, 0.3) is 0 Å². The molecular formula is C13H20FNO. The van der Waals surface area contributed by atoms with E-state index < -0.39 is 0 Å². The quantitative estimate of drug-likeness (QED) is 0.831. The third-order valence-electron chi connectivity index (χ3n) is 2.02. The van der Waals surface area contributed by atoms with E-state index in [9.17, 15) is 4.39 Å². The molecule has 0 heterocycles. The molecule has 0 spiro atoms. The summed E-state index contributed by atoms with van der Waals surface area (Å²) in [5.74, 6) is 0.342. The third-order valence-corrected chi connectivity index (χ3v) is 2.02. The zero-order valence-electron chi connectivity index (χ0n) is 10.4. The fourth-order valence-electron chi connectivity index (χ4n) is 1.38. The number of hydrogen-bond acceptors (Lipinski definition) is 2. The van der Waals surface area contributed by atoms with E-state index in [1.807, 2.05) is 19.9 Å². The topological polar surface area (TPSA) is 21.3 Å². The van der Waals surface area contributed by atoms with Crippen molar-refractivity contribution in [3.63, 3.8) is 0 Å². The Bertz CT molecular complexity index is 337. The van der Waals surface area contributed by atoms with Gasteiger partial charge in [0, 0.05) is 18.7 Å². The standard InChI is InChI=1S/C13H20FNO/c1-9(2)15-8-11-5-12(14)7-13(6-11)16-10(3)4/h5-7,9-10,15H,8H2,1-4H3. The second kappa shape index (κ2) is 5.85. The highest BCUT2D eigenvalue weighted by Gasteiger charge is 2.04. The highest BCUT2D eigenvalue weighted by molar-refractivity contribution is 5.29. The van der Waals surface area contributed by atoms with Crippen molar-refractivity contribution in [2.75, 3.05) is 0 Å². The van der Waals surface area contributed by atoms with Crippen LogP contribution in [0.15, 0.2) is 18.2 Å². The van der Waals surface area contributed by atoms with Gasteiger partial charge in [-0.1, -0.05) is 13.8 Å². The van der Waals surface area contributed by atoms with Crippen LogP contribution in [0.1, 0.15) is 33.3 Å². The first-order valence-corrected chi connectivity index (χ1v) is 5.67. The van der Waals surface area contributed by atoms with Crippen LogP contribution < -0.4 is 10.1 Å². The lowest BCUT2D eigenvalue weighted by atomic mass is 10.2. The Morgan fingerprint density at radius 2 is 1.88 bits per heavy atom. The molecule has 1 aromatic carbocycles. The Labute approximate surface area is 96.8 Å². The Balaban J connectivity index is 2.73. The molecule has 2 nitrogen and oxygen atoms in total. The Kier molecular flexibility index (Phi) is 4.74. The van der Waals surface area contributed by atoms with Crippen molar-refractivity contribution < 1.29 is 9.13 Å². The maximum Gasteiger partial charge on any atom is 0.127 e. The van der Waals surface area contributed by atoms with Gasteiger partial charge in [0.1, 0.15) is 11.6 Å². The van der Waals surface area contributed by atoms with Gasteiger partial charge >= 0.3 is 0 Å². The van der Waals surface area contributed by atoms with E-state index in [1.165, 1.54) is 12.1 Å². The summed E-state index contributed by atoms with van der Waals surface area (Å²) in [5, 5.41) is 3.25. The van der Waals surface area contributed by atoms with Gasteiger partial charge in [-0.05, 0) is 31.5 Å². The molecule has 90 valence electrons. The van der Waals surface area contributed by atoms with E-state index in [4.69, 9.17) is 4.74 Å². The number of ether oxygens (including phenoxy) is 1. The van der Waals surface area contributed by atoms with Gasteiger partial charge in [-0.25, -0.2) is 4.39 Å². The summed E-state index contributed by atoms with van der Waals surface area (Å²) in [7, 11) is 0. The summed E-state index contributed by atoms with van der Waals surface area (Å²) in [6.45, 7) is 8.63. The highest BCUT2D eigenvalue weighted by atomic mass is 19.1. The zero-order chi connectivity index (χ0) is 12.1. The van der Waals surface area contributed by atoms with Gasteiger partial charge in [0.05, 0.1) is 6.10 Å². The minimum atomic E-state index is -0.251. The lowest BCUT2D eigenvalue weighted by molar-refractivity contribution is 0.241. The van der Waals surface area contributed by atoms with Crippen LogP contribution in [0.4, 0.5) is 4.39 Å². The largest absolute Gasteiger partial charge is 0.491 e. The molecule has 0 aromatic heterocycles. The minimum Gasteiger partial charge on any atom is -0.491 e. The summed E-state index contributed by atoms with van der Waals surface area (Å²) in [6, 6.07) is 5.21. The second-order valence-corrected chi connectivity index (χ2v) is 4.50. The van der Waals surface area contributed by atoms with Crippen molar-refractivity contribution in [2.24, 2.45) is 0 Å². The Morgan fingerprint density at radius 3 is 2.44 bits per heavy atom. The molecule has 0 fully saturated rings. The van der Waals surface area contributed by atoms with Gasteiger partial charge in [0.15, 0.2) is 0 Å². The van der Waals surface area contributed by atoms with Crippen LogP contribution in [-0.4, -0.2) is 12.1 Å². The summed E-state index contributed by atoms with van der Waals surface area (Å²) in [6.07, 6.45) is 0.0627. The SMILES string of the molecule is CC(C)NCc1cc(F)cc(OC(C)C)c1. The van der Waals surface area contributed by atoms with E-state index in [2.05, 4.69) is 19.2 Å². The van der Waals surface area contributed by atoms with E-state index in [0.29, 0.717) is 18.3 Å². The molecular weight excluding hydrogens is 205 g/mol. The molecule has 3 heteroatoms. The predicted molar refractivity (Wildman–Crippen MR) is 64.1 cm³/mol. The molecule has 0 unspecified atom stereocenters. The van der Waals surface area contributed by atoms with Crippen molar-refractivity contribution in [2.45, 2.75) is 46.4 Å². The van der Waals surface area contributed by atoms with Crippen LogP contribution in [0.5, 0.6) is 5.75 Å². The van der Waals surface area contributed by atoms with Crippen LogP contribution in [0.25, 0.3) is 0 Å². The number of nitrogens with one attached hydrogen (secondary N) is 1. The van der Waals surface area contributed by atoms with Crippen LogP contribution in [-0.2, 0) is 6.54 Å². The molecule has 0 aliphatic heterocycles. The van der Waals surface area contributed by atoms with Crippen molar-refractivity contribution >= 4 is 0 Å². The van der Waals surface area contributed by atoms with E-state index in [1.54, 1.807) is 0 Å². The average Bonchev–Trinajstić information content (AvgIpc) is 2.12. The molecule has 16 heavy (non-hydrogen) atoms. The smallest absolute Gasteiger partial charge is 0.127 e. The summed E-state index contributed by atoms with van der Waals surface area (Å²) in [4.78, 5) is 0. The van der Waals surface area contributed by atoms with Gasteiger partial charge in [-0.3, -0.25) is 0 Å². The van der Waals surface area contributed by atoms with Gasteiger partial charge in [-0.15, -0.1) is 0 Å². The Hall–Kier alpha value is -1.09. The lowest BCUT2D eigenvalue weighted by Gasteiger charge is -2.12. The molecule has 0 aliphatic carbocycles. The number of halogens is 1. The van der Waals surface area contributed by atoms with Gasteiger partial charge in [0.2, 0.25) is 0 Å². The molecule has 0 saturated carbocycles. The maximum atomic E-state index is 13.3. The second-order valence-electron chi connectivity index (χ2n) is 4.50. The lowest BCUT2D eigenvalue weighted by Crippen LogP contribution is -2.21. The molecule has 1 rings (SSSR count). The van der Waals surface area contributed by atoms with Crippen LogP contribution in [0, 0.1) is 5.82 Å². The summed E-state index contributed by atoms with van der Waals surface area (Å²) in [5.41, 5.74) is 0.907. The van der Waals surface area contributed by atoms with Crippen LogP contribution in [0.3, 0.4) is 0 Å².